The molecule has 2 aliphatic heterocycles. The number of carbonyl (C=O) groups excluding carboxylic acids is 1. The van der Waals surface area contributed by atoms with Crippen LogP contribution < -0.4 is 10.6 Å². The molecule has 1 amide bonds. The van der Waals surface area contributed by atoms with Crippen molar-refractivity contribution in [2.75, 3.05) is 26.7 Å². The van der Waals surface area contributed by atoms with Gasteiger partial charge in [-0.3, -0.25) is 9.79 Å². The molecule has 0 aliphatic carbocycles. The van der Waals surface area contributed by atoms with Gasteiger partial charge in [0.05, 0.1) is 6.54 Å². The number of carbonyl (C=O) groups is 1. The Bertz CT molecular complexity index is 580. The third-order valence-electron chi connectivity index (χ3n) is 4.69. The van der Waals surface area contributed by atoms with Gasteiger partial charge in [0, 0.05) is 58.0 Å². The van der Waals surface area contributed by atoms with Crippen LogP contribution in [0.4, 0.5) is 0 Å². The van der Waals surface area contributed by atoms with Crippen molar-refractivity contribution in [1.29, 1.82) is 0 Å². The maximum Gasteiger partial charge on any atom is 0.220 e. The third kappa shape index (κ3) is 2.93. The van der Waals surface area contributed by atoms with Crippen LogP contribution in [0.3, 0.4) is 0 Å². The fourth-order valence-electron chi connectivity index (χ4n) is 3.49. The molecule has 2 saturated heterocycles. The van der Waals surface area contributed by atoms with Crippen molar-refractivity contribution in [3.8, 4) is 0 Å². The second-order valence-electron chi connectivity index (χ2n) is 6.33. The molecule has 7 nitrogen and oxygen atoms in total. The number of rotatable bonds is 2. The third-order valence-corrected chi connectivity index (χ3v) is 4.69. The zero-order chi connectivity index (χ0) is 15.6. The monoisotopic (exact) mass is 304 g/mol. The minimum absolute atomic E-state index is 0.0795. The summed E-state index contributed by atoms with van der Waals surface area (Å²) < 4.78 is 2.00. The van der Waals surface area contributed by atoms with Crippen LogP contribution in [0.15, 0.2) is 17.4 Å². The van der Waals surface area contributed by atoms with Gasteiger partial charge in [-0.25, -0.2) is 4.98 Å². The smallest absolute Gasteiger partial charge is 0.220 e. The number of aromatic nitrogens is 2. The SMILES string of the molecule is CN=C(NCc1nccn1C)N1CCCC2(CNC(=O)C2)C1. The lowest BCUT2D eigenvalue weighted by Crippen LogP contribution is -2.51. The van der Waals surface area contributed by atoms with Crippen LogP contribution in [0, 0.1) is 5.41 Å². The van der Waals surface area contributed by atoms with Gasteiger partial charge in [-0.15, -0.1) is 0 Å². The lowest BCUT2D eigenvalue weighted by atomic mass is 9.79. The average molecular weight is 304 g/mol. The summed E-state index contributed by atoms with van der Waals surface area (Å²) in [5.41, 5.74) is 0.0795. The Hall–Kier alpha value is -2.05. The summed E-state index contributed by atoms with van der Waals surface area (Å²) in [5.74, 6) is 2.05. The summed E-state index contributed by atoms with van der Waals surface area (Å²) in [4.78, 5) is 22.6. The Balaban J connectivity index is 1.63. The van der Waals surface area contributed by atoms with Crippen LogP contribution in [0.25, 0.3) is 0 Å². The summed E-state index contributed by atoms with van der Waals surface area (Å²) in [6.45, 7) is 3.30. The van der Waals surface area contributed by atoms with E-state index in [1.54, 1.807) is 13.2 Å². The Labute approximate surface area is 130 Å². The number of nitrogens with zero attached hydrogens (tertiary/aromatic N) is 4. The highest BCUT2D eigenvalue weighted by Crippen LogP contribution is 2.35. The fraction of sp³-hybridized carbons (Fsp3) is 0.667. The molecule has 1 aromatic rings. The Morgan fingerprint density at radius 1 is 1.59 bits per heavy atom. The predicted octanol–water partition coefficient (Wildman–Crippen LogP) is 0.0976. The molecule has 3 heterocycles. The molecule has 0 aromatic carbocycles. The summed E-state index contributed by atoms with van der Waals surface area (Å²) in [6.07, 6.45) is 6.58. The van der Waals surface area contributed by atoms with E-state index in [0.717, 1.165) is 44.3 Å². The van der Waals surface area contributed by atoms with Crippen LogP contribution in [0.5, 0.6) is 0 Å². The molecule has 0 saturated carbocycles. The van der Waals surface area contributed by atoms with E-state index < -0.39 is 0 Å². The fourth-order valence-corrected chi connectivity index (χ4v) is 3.49. The topological polar surface area (TPSA) is 74.6 Å². The van der Waals surface area contributed by atoms with E-state index in [0.29, 0.717) is 13.0 Å². The molecule has 0 radical (unpaired) electrons. The van der Waals surface area contributed by atoms with Gasteiger partial charge in [0.1, 0.15) is 5.82 Å². The number of guanidine groups is 1. The molecule has 1 spiro atoms. The van der Waals surface area contributed by atoms with Gasteiger partial charge in [0.2, 0.25) is 5.91 Å². The molecule has 2 N–H and O–H groups in total. The number of aryl methyl sites for hydroxylation is 1. The lowest BCUT2D eigenvalue weighted by molar-refractivity contribution is -0.119. The summed E-state index contributed by atoms with van der Waals surface area (Å²) in [5, 5.41) is 6.37. The summed E-state index contributed by atoms with van der Waals surface area (Å²) >= 11 is 0. The van der Waals surface area contributed by atoms with Crippen LogP contribution in [0.2, 0.25) is 0 Å². The molecular formula is C15H24N6O. The van der Waals surface area contributed by atoms with Gasteiger partial charge < -0.3 is 20.1 Å². The van der Waals surface area contributed by atoms with Gasteiger partial charge in [-0.1, -0.05) is 0 Å². The molecule has 3 rings (SSSR count). The van der Waals surface area contributed by atoms with Crippen molar-refractivity contribution in [3.05, 3.63) is 18.2 Å². The van der Waals surface area contributed by atoms with Gasteiger partial charge in [0.15, 0.2) is 5.96 Å². The van der Waals surface area contributed by atoms with E-state index >= 15 is 0 Å². The number of imidazole rings is 1. The maximum atomic E-state index is 11.6. The van der Waals surface area contributed by atoms with Crippen LogP contribution in [-0.4, -0.2) is 53.0 Å². The first-order chi connectivity index (χ1) is 10.6. The van der Waals surface area contributed by atoms with Crippen molar-refractivity contribution >= 4 is 11.9 Å². The molecule has 7 heteroatoms. The predicted molar refractivity (Wildman–Crippen MR) is 84.3 cm³/mol. The minimum Gasteiger partial charge on any atom is -0.355 e. The van der Waals surface area contributed by atoms with Crippen LogP contribution >= 0.6 is 0 Å². The minimum atomic E-state index is 0.0795. The number of hydrogen-bond donors (Lipinski definition) is 2. The molecule has 120 valence electrons. The Morgan fingerprint density at radius 3 is 3.09 bits per heavy atom. The normalized spacial score (nSPS) is 25.6. The van der Waals surface area contributed by atoms with Gasteiger partial charge in [0.25, 0.3) is 0 Å². The summed E-state index contributed by atoms with van der Waals surface area (Å²) in [6, 6.07) is 0. The van der Waals surface area contributed by atoms with E-state index in [2.05, 4.69) is 25.5 Å². The highest BCUT2D eigenvalue weighted by molar-refractivity contribution is 5.81. The molecule has 1 aromatic heterocycles. The first kappa shape index (κ1) is 14.9. The molecule has 2 aliphatic rings. The van der Waals surface area contributed by atoms with Crippen molar-refractivity contribution in [2.24, 2.45) is 17.5 Å². The Morgan fingerprint density at radius 2 is 2.45 bits per heavy atom. The van der Waals surface area contributed by atoms with Crippen LogP contribution in [-0.2, 0) is 18.4 Å². The number of hydrogen-bond acceptors (Lipinski definition) is 3. The zero-order valence-electron chi connectivity index (χ0n) is 13.3. The van der Waals surface area contributed by atoms with Crippen molar-refractivity contribution in [2.45, 2.75) is 25.8 Å². The number of aliphatic imine (C=N–C) groups is 1. The number of amides is 1. The largest absolute Gasteiger partial charge is 0.355 e. The Kier molecular flexibility index (Phi) is 4.04. The molecule has 1 unspecified atom stereocenters. The molecule has 0 bridgehead atoms. The lowest BCUT2D eigenvalue weighted by Gasteiger charge is -2.40. The first-order valence-corrected chi connectivity index (χ1v) is 7.80. The second-order valence-corrected chi connectivity index (χ2v) is 6.33. The van der Waals surface area contributed by atoms with E-state index in [-0.39, 0.29) is 11.3 Å². The first-order valence-electron chi connectivity index (χ1n) is 7.80. The highest BCUT2D eigenvalue weighted by Gasteiger charge is 2.42. The van der Waals surface area contributed by atoms with Gasteiger partial charge >= 0.3 is 0 Å². The van der Waals surface area contributed by atoms with Crippen molar-refractivity contribution in [1.82, 2.24) is 25.1 Å². The number of piperidine rings is 1. The second kappa shape index (κ2) is 5.98. The molecular weight excluding hydrogens is 280 g/mol. The van der Waals surface area contributed by atoms with Gasteiger partial charge in [-0.2, -0.15) is 0 Å². The zero-order valence-corrected chi connectivity index (χ0v) is 13.3. The van der Waals surface area contributed by atoms with Crippen molar-refractivity contribution in [3.63, 3.8) is 0 Å². The number of likely N-dealkylation sites (tertiary alicyclic amines) is 1. The average Bonchev–Trinajstić information content (AvgIpc) is 3.07. The quantitative estimate of drug-likeness (QED) is 0.600. The number of nitrogens with one attached hydrogen (secondary N) is 2. The van der Waals surface area contributed by atoms with Crippen LogP contribution in [0.1, 0.15) is 25.1 Å². The maximum absolute atomic E-state index is 11.6. The molecule has 1 atom stereocenters. The standard InChI is InChI=1S/C15H24N6O/c1-16-14(18-9-12-17-5-7-20(12)2)21-6-3-4-15(11-21)8-13(22)19-10-15/h5,7H,3-4,6,8-11H2,1-2H3,(H,16,18)(H,19,22). The van der Waals surface area contributed by atoms with E-state index in [4.69, 9.17) is 0 Å². The van der Waals surface area contributed by atoms with E-state index in [1.165, 1.54) is 0 Å². The van der Waals surface area contributed by atoms with Crippen molar-refractivity contribution < 1.29 is 4.79 Å². The molecule has 22 heavy (non-hydrogen) atoms. The highest BCUT2D eigenvalue weighted by atomic mass is 16.1. The van der Waals surface area contributed by atoms with E-state index in [9.17, 15) is 4.79 Å². The summed E-state index contributed by atoms with van der Waals surface area (Å²) in [7, 11) is 3.79. The molecule has 2 fully saturated rings. The van der Waals surface area contributed by atoms with Gasteiger partial charge in [-0.05, 0) is 12.8 Å². The van der Waals surface area contributed by atoms with E-state index in [1.807, 2.05) is 17.8 Å².